The maximum atomic E-state index is 4.56. The third-order valence-electron chi connectivity index (χ3n) is 3.94. The Kier molecular flexibility index (Phi) is 5.82. The standard InChI is InChI=1S/C11H13NS.C10H11NS/c1-3-4-11-12-9-6-5-8(2)7-10(9)13-11;1-3-10-11-8-5-4-7(2)6-9(8)12-10/h5-7H,3-4H2,1-2H3;4-6H,3H2,1-2H3. The Balaban J connectivity index is 0.000000146. The molecule has 0 saturated heterocycles. The van der Waals surface area contributed by atoms with Gasteiger partial charge in [0.2, 0.25) is 0 Å². The largest absolute Gasteiger partial charge is 0.241 e. The fraction of sp³-hybridized carbons (Fsp3) is 0.333. The quantitative estimate of drug-likeness (QED) is 0.401. The molecule has 0 aliphatic carbocycles. The van der Waals surface area contributed by atoms with Gasteiger partial charge >= 0.3 is 0 Å². The smallest absolute Gasteiger partial charge is 0.0938 e. The van der Waals surface area contributed by atoms with Crippen molar-refractivity contribution in [1.82, 2.24) is 9.97 Å². The zero-order valence-corrected chi connectivity index (χ0v) is 16.9. The molecule has 0 atom stereocenters. The highest BCUT2D eigenvalue weighted by Gasteiger charge is 2.02. The number of thiazole rings is 2. The molecule has 2 aromatic heterocycles. The average Bonchev–Trinajstić information content (AvgIpc) is 3.17. The summed E-state index contributed by atoms with van der Waals surface area (Å²) in [6.07, 6.45) is 3.33. The van der Waals surface area contributed by atoms with Crippen molar-refractivity contribution in [3.8, 4) is 0 Å². The number of aryl methyl sites for hydroxylation is 4. The highest BCUT2D eigenvalue weighted by Crippen LogP contribution is 2.24. The first-order valence-electron chi connectivity index (χ1n) is 8.81. The summed E-state index contributed by atoms with van der Waals surface area (Å²) < 4.78 is 2.63. The minimum atomic E-state index is 1.04. The number of benzene rings is 2. The van der Waals surface area contributed by atoms with Gasteiger partial charge in [-0.3, -0.25) is 0 Å². The third kappa shape index (κ3) is 4.44. The van der Waals surface area contributed by atoms with Gasteiger partial charge in [0.25, 0.3) is 0 Å². The van der Waals surface area contributed by atoms with Crippen LogP contribution in [-0.2, 0) is 12.8 Å². The van der Waals surface area contributed by atoms with Crippen LogP contribution >= 0.6 is 22.7 Å². The van der Waals surface area contributed by atoms with Crippen LogP contribution in [-0.4, -0.2) is 9.97 Å². The zero-order valence-electron chi connectivity index (χ0n) is 15.3. The molecule has 130 valence electrons. The van der Waals surface area contributed by atoms with E-state index in [-0.39, 0.29) is 0 Å². The van der Waals surface area contributed by atoms with Gasteiger partial charge in [0.1, 0.15) is 0 Å². The van der Waals surface area contributed by atoms with E-state index in [1.165, 1.54) is 37.0 Å². The minimum absolute atomic E-state index is 1.04. The lowest BCUT2D eigenvalue weighted by Gasteiger charge is -1.88. The van der Waals surface area contributed by atoms with Crippen LogP contribution in [0.25, 0.3) is 20.4 Å². The topological polar surface area (TPSA) is 25.8 Å². The number of fused-ring (bicyclic) bond motifs is 2. The molecule has 25 heavy (non-hydrogen) atoms. The van der Waals surface area contributed by atoms with Crippen LogP contribution in [0.5, 0.6) is 0 Å². The van der Waals surface area contributed by atoms with E-state index >= 15 is 0 Å². The Bertz CT molecular complexity index is 982. The molecule has 0 fully saturated rings. The first-order chi connectivity index (χ1) is 12.1. The molecule has 2 heterocycles. The van der Waals surface area contributed by atoms with Gasteiger partial charge in [0, 0.05) is 0 Å². The fourth-order valence-electron chi connectivity index (χ4n) is 2.63. The van der Waals surface area contributed by atoms with Gasteiger partial charge in [0.05, 0.1) is 30.4 Å². The van der Waals surface area contributed by atoms with E-state index in [2.05, 4.69) is 74.1 Å². The molecule has 0 spiro atoms. The van der Waals surface area contributed by atoms with Gasteiger partial charge in [-0.25, -0.2) is 9.97 Å². The maximum absolute atomic E-state index is 4.56. The molecule has 0 N–H and O–H groups in total. The summed E-state index contributed by atoms with van der Waals surface area (Å²) in [7, 11) is 0. The Morgan fingerprint density at radius 2 is 1.28 bits per heavy atom. The maximum Gasteiger partial charge on any atom is 0.0938 e. The van der Waals surface area contributed by atoms with Crippen LogP contribution in [0.4, 0.5) is 0 Å². The summed E-state index contributed by atoms with van der Waals surface area (Å²) in [6, 6.07) is 12.9. The van der Waals surface area contributed by atoms with Crippen LogP contribution in [0.15, 0.2) is 36.4 Å². The van der Waals surface area contributed by atoms with E-state index in [0.717, 1.165) is 23.9 Å². The molecule has 0 aliphatic heterocycles. The van der Waals surface area contributed by atoms with Crippen molar-refractivity contribution in [3.63, 3.8) is 0 Å². The number of nitrogens with zero attached hydrogens (tertiary/aromatic N) is 2. The summed E-state index contributed by atoms with van der Waals surface area (Å²) in [5.74, 6) is 0. The summed E-state index contributed by atoms with van der Waals surface area (Å²) in [5.41, 5.74) is 4.93. The molecule has 0 amide bonds. The molecule has 0 aliphatic rings. The summed E-state index contributed by atoms with van der Waals surface area (Å²) >= 11 is 3.63. The molecule has 0 unspecified atom stereocenters. The summed E-state index contributed by atoms with van der Waals surface area (Å²) in [4.78, 5) is 9.05. The van der Waals surface area contributed by atoms with E-state index in [1.54, 1.807) is 11.3 Å². The molecular formula is C21H24N2S2. The predicted molar refractivity (Wildman–Crippen MR) is 112 cm³/mol. The van der Waals surface area contributed by atoms with E-state index in [0.29, 0.717) is 0 Å². The molecule has 4 rings (SSSR count). The number of hydrogen-bond acceptors (Lipinski definition) is 4. The van der Waals surface area contributed by atoms with Crippen molar-refractivity contribution in [2.24, 2.45) is 0 Å². The van der Waals surface area contributed by atoms with Crippen LogP contribution in [0.3, 0.4) is 0 Å². The van der Waals surface area contributed by atoms with Crippen molar-refractivity contribution < 1.29 is 0 Å². The second kappa shape index (κ2) is 8.07. The summed E-state index contributed by atoms with van der Waals surface area (Å²) in [5, 5.41) is 2.50. The second-order valence-electron chi connectivity index (χ2n) is 6.26. The van der Waals surface area contributed by atoms with Gasteiger partial charge in [-0.2, -0.15) is 0 Å². The lowest BCUT2D eigenvalue weighted by atomic mass is 10.2. The Morgan fingerprint density at radius 1 is 0.760 bits per heavy atom. The number of rotatable bonds is 3. The van der Waals surface area contributed by atoms with E-state index in [9.17, 15) is 0 Å². The van der Waals surface area contributed by atoms with Crippen molar-refractivity contribution >= 4 is 43.1 Å². The fourth-order valence-corrected chi connectivity index (χ4v) is 4.80. The Labute approximate surface area is 157 Å². The second-order valence-corrected chi connectivity index (χ2v) is 8.49. The van der Waals surface area contributed by atoms with Gasteiger partial charge in [-0.1, -0.05) is 26.0 Å². The molecule has 4 heteroatoms. The van der Waals surface area contributed by atoms with E-state index in [4.69, 9.17) is 0 Å². The van der Waals surface area contributed by atoms with Crippen LogP contribution in [0, 0.1) is 13.8 Å². The lowest BCUT2D eigenvalue weighted by Crippen LogP contribution is -1.78. The molecule has 0 saturated carbocycles. The van der Waals surface area contributed by atoms with Gasteiger partial charge in [0.15, 0.2) is 0 Å². The van der Waals surface area contributed by atoms with Gasteiger partial charge in [-0.15, -0.1) is 22.7 Å². The molecule has 4 aromatic rings. The highest BCUT2D eigenvalue weighted by atomic mass is 32.1. The third-order valence-corrected chi connectivity index (χ3v) is 6.18. The average molecular weight is 369 g/mol. The zero-order chi connectivity index (χ0) is 17.8. The van der Waals surface area contributed by atoms with Crippen LogP contribution < -0.4 is 0 Å². The van der Waals surface area contributed by atoms with E-state index < -0.39 is 0 Å². The van der Waals surface area contributed by atoms with Gasteiger partial charge in [-0.05, 0) is 68.5 Å². The normalized spacial score (nSPS) is 10.9. The minimum Gasteiger partial charge on any atom is -0.241 e. The van der Waals surface area contributed by atoms with Crippen molar-refractivity contribution in [2.45, 2.75) is 47.0 Å². The van der Waals surface area contributed by atoms with Crippen LogP contribution in [0.1, 0.15) is 41.4 Å². The van der Waals surface area contributed by atoms with Crippen LogP contribution in [0.2, 0.25) is 0 Å². The molecule has 2 nitrogen and oxygen atoms in total. The Morgan fingerprint density at radius 3 is 1.80 bits per heavy atom. The lowest BCUT2D eigenvalue weighted by molar-refractivity contribution is 0.913. The molecule has 2 aromatic carbocycles. The van der Waals surface area contributed by atoms with Crippen molar-refractivity contribution in [1.29, 1.82) is 0 Å². The number of hydrogen-bond donors (Lipinski definition) is 0. The predicted octanol–water partition coefficient (Wildman–Crippen LogP) is 6.72. The SMILES string of the molecule is CCCc1nc2ccc(C)cc2s1.CCc1nc2ccc(C)cc2s1. The molecular weight excluding hydrogens is 344 g/mol. The number of aromatic nitrogens is 2. The first-order valence-corrected chi connectivity index (χ1v) is 10.4. The van der Waals surface area contributed by atoms with Crippen molar-refractivity contribution in [2.75, 3.05) is 0 Å². The van der Waals surface area contributed by atoms with E-state index in [1.807, 2.05) is 11.3 Å². The summed E-state index contributed by atoms with van der Waals surface area (Å²) in [6.45, 7) is 8.57. The monoisotopic (exact) mass is 368 g/mol. The first kappa shape index (κ1) is 18.0. The Hall–Kier alpha value is -1.78. The van der Waals surface area contributed by atoms with Crippen molar-refractivity contribution in [3.05, 3.63) is 57.5 Å². The highest BCUT2D eigenvalue weighted by molar-refractivity contribution is 7.18. The molecule has 0 radical (unpaired) electrons. The van der Waals surface area contributed by atoms with Gasteiger partial charge < -0.3 is 0 Å². The molecule has 0 bridgehead atoms.